The van der Waals surface area contributed by atoms with E-state index in [0.717, 1.165) is 16.2 Å². The maximum atomic E-state index is 13.9. The number of benzene rings is 2. The largest absolute Gasteiger partial charge is 0.497 e. The van der Waals surface area contributed by atoms with Crippen LogP contribution in [0.3, 0.4) is 0 Å². The van der Waals surface area contributed by atoms with Gasteiger partial charge in [-0.15, -0.1) is 0 Å². The molecule has 3 heterocycles. The molecule has 2 aromatic rings. The predicted octanol–water partition coefficient (Wildman–Crippen LogP) is 1.73. The Morgan fingerprint density at radius 3 is 2.63 bits per heavy atom. The molecule has 0 aromatic heterocycles. The summed E-state index contributed by atoms with van der Waals surface area (Å²) in [7, 11) is 1.54. The molecule has 0 aliphatic carbocycles. The van der Waals surface area contributed by atoms with Gasteiger partial charge in [0.05, 0.1) is 32.1 Å². The van der Waals surface area contributed by atoms with E-state index in [1.807, 2.05) is 24.3 Å². The number of hydrogen-bond donors (Lipinski definition) is 1. The van der Waals surface area contributed by atoms with Gasteiger partial charge in [-0.3, -0.25) is 14.9 Å². The predicted molar refractivity (Wildman–Crippen MR) is 109 cm³/mol. The first-order chi connectivity index (χ1) is 14.6. The molecule has 3 aliphatic rings. The van der Waals surface area contributed by atoms with E-state index in [4.69, 9.17) is 9.47 Å². The van der Waals surface area contributed by atoms with Crippen LogP contribution in [-0.4, -0.2) is 50.8 Å². The Labute approximate surface area is 173 Å². The third kappa shape index (κ3) is 2.53. The van der Waals surface area contributed by atoms with Gasteiger partial charge in [0.15, 0.2) is 5.41 Å². The summed E-state index contributed by atoms with van der Waals surface area (Å²) in [6, 6.07) is 13.1. The molecule has 8 nitrogen and oxygen atoms in total. The number of barbiturate groups is 1. The SMILES string of the molecule is COc1ccc(N2C(=O)NC(=O)[C@]3(Cc4ccccc4N4CCOC[C@H]43)C2=O)cc1. The molecule has 2 fully saturated rings. The second-order valence-corrected chi connectivity index (χ2v) is 7.66. The number of carbonyl (C=O) groups excluding carboxylic acids is 3. The van der Waals surface area contributed by atoms with E-state index >= 15 is 0 Å². The number of fused-ring (bicyclic) bond motifs is 4. The Morgan fingerprint density at radius 1 is 1.10 bits per heavy atom. The Bertz CT molecular complexity index is 1040. The summed E-state index contributed by atoms with van der Waals surface area (Å²) >= 11 is 0. The van der Waals surface area contributed by atoms with Crippen LogP contribution < -0.4 is 19.9 Å². The van der Waals surface area contributed by atoms with Crippen LogP contribution in [0.5, 0.6) is 5.75 Å². The van der Waals surface area contributed by atoms with Crippen molar-refractivity contribution >= 4 is 29.2 Å². The van der Waals surface area contributed by atoms with Crippen molar-refractivity contribution < 1.29 is 23.9 Å². The zero-order chi connectivity index (χ0) is 20.9. The first-order valence-corrected chi connectivity index (χ1v) is 9.82. The minimum atomic E-state index is -1.46. The van der Waals surface area contributed by atoms with Gasteiger partial charge in [0.2, 0.25) is 5.91 Å². The van der Waals surface area contributed by atoms with Crippen molar-refractivity contribution in [1.29, 1.82) is 0 Å². The fourth-order valence-corrected chi connectivity index (χ4v) is 4.73. The van der Waals surface area contributed by atoms with Gasteiger partial charge in [-0.25, -0.2) is 9.69 Å². The smallest absolute Gasteiger partial charge is 0.335 e. The van der Waals surface area contributed by atoms with Gasteiger partial charge < -0.3 is 14.4 Å². The fraction of sp³-hybridized carbons (Fsp3) is 0.318. The average Bonchev–Trinajstić information content (AvgIpc) is 2.78. The van der Waals surface area contributed by atoms with Crippen LogP contribution in [0.4, 0.5) is 16.2 Å². The van der Waals surface area contributed by atoms with Crippen molar-refractivity contribution in [2.75, 3.05) is 36.7 Å². The van der Waals surface area contributed by atoms with Crippen LogP contribution in [0.1, 0.15) is 5.56 Å². The van der Waals surface area contributed by atoms with Crippen LogP contribution in [0.2, 0.25) is 0 Å². The number of imide groups is 2. The molecule has 8 heteroatoms. The van der Waals surface area contributed by atoms with Crippen LogP contribution in [0, 0.1) is 5.41 Å². The molecule has 0 bridgehead atoms. The zero-order valence-electron chi connectivity index (χ0n) is 16.5. The van der Waals surface area contributed by atoms with Gasteiger partial charge in [0, 0.05) is 12.2 Å². The average molecular weight is 407 g/mol. The fourth-order valence-electron chi connectivity index (χ4n) is 4.73. The number of methoxy groups -OCH3 is 1. The minimum absolute atomic E-state index is 0.207. The van der Waals surface area contributed by atoms with Crippen molar-refractivity contribution in [3.05, 3.63) is 54.1 Å². The molecule has 30 heavy (non-hydrogen) atoms. The number of para-hydroxylation sites is 1. The number of urea groups is 1. The first kappa shape index (κ1) is 18.6. The van der Waals surface area contributed by atoms with Gasteiger partial charge in [0.25, 0.3) is 5.91 Å². The summed E-state index contributed by atoms with van der Waals surface area (Å²) in [5, 5.41) is 2.43. The highest BCUT2D eigenvalue weighted by atomic mass is 16.5. The normalized spacial score (nSPS) is 25.6. The number of nitrogens with one attached hydrogen (secondary N) is 1. The lowest BCUT2D eigenvalue weighted by atomic mass is 9.68. The summed E-state index contributed by atoms with van der Waals surface area (Å²) in [5.74, 6) is -0.499. The van der Waals surface area contributed by atoms with Crippen molar-refractivity contribution in [3.8, 4) is 5.75 Å². The van der Waals surface area contributed by atoms with Crippen molar-refractivity contribution in [2.24, 2.45) is 5.41 Å². The molecule has 5 rings (SSSR count). The van der Waals surface area contributed by atoms with E-state index in [-0.39, 0.29) is 13.0 Å². The first-order valence-electron chi connectivity index (χ1n) is 9.82. The molecule has 0 radical (unpaired) electrons. The molecule has 2 saturated heterocycles. The lowest BCUT2D eigenvalue weighted by Gasteiger charge is -2.53. The Kier molecular flexibility index (Phi) is 4.25. The Balaban J connectivity index is 1.63. The number of hydrogen-bond acceptors (Lipinski definition) is 6. The van der Waals surface area contributed by atoms with Gasteiger partial charge in [-0.1, -0.05) is 18.2 Å². The highest BCUT2D eigenvalue weighted by molar-refractivity contribution is 6.30. The van der Waals surface area contributed by atoms with Crippen molar-refractivity contribution in [2.45, 2.75) is 12.5 Å². The number of morpholine rings is 1. The number of amides is 4. The van der Waals surface area contributed by atoms with Crippen LogP contribution in [-0.2, 0) is 20.7 Å². The monoisotopic (exact) mass is 407 g/mol. The summed E-state index contributed by atoms with van der Waals surface area (Å²) in [4.78, 5) is 43.0. The highest BCUT2D eigenvalue weighted by Crippen LogP contribution is 2.45. The van der Waals surface area contributed by atoms with E-state index in [1.165, 1.54) is 0 Å². The van der Waals surface area contributed by atoms with E-state index in [9.17, 15) is 14.4 Å². The summed E-state index contributed by atoms with van der Waals surface area (Å²) < 4.78 is 10.8. The lowest BCUT2D eigenvalue weighted by Crippen LogP contribution is -2.74. The van der Waals surface area contributed by atoms with E-state index in [0.29, 0.717) is 24.6 Å². The lowest BCUT2D eigenvalue weighted by molar-refractivity contribution is -0.146. The van der Waals surface area contributed by atoms with E-state index in [1.54, 1.807) is 31.4 Å². The number of nitrogens with zero attached hydrogens (tertiary/aromatic N) is 2. The Hall–Kier alpha value is -3.39. The molecule has 1 N–H and O–H groups in total. The van der Waals surface area contributed by atoms with E-state index in [2.05, 4.69) is 10.2 Å². The molecule has 0 unspecified atom stereocenters. The quantitative estimate of drug-likeness (QED) is 0.763. The molecular formula is C22H21N3O5. The Morgan fingerprint density at radius 2 is 1.87 bits per heavy atom. The number of carbonyl (C=O) groups is 3. The van der Waals surface area contributed by atoms with Crippen molar-refractivity contribution in [1.82, 2.24) is 5.32 Å². The number of rotatable bonds is 2. The number of anilines is 2. The van der Waals surface area contributed by atoms with Crippen LogP contribution in [0.25, 0.3) is 0 Å². The van der Waals surface area contributed by atoms with Gasteiger partial charge in [0.1, 0.15) is 5.75 Å². The molecule has 4 amide bonds. The van der Waals surface area contributed by atoms with Crippen LogP contribution >= 0.6 is 0 Å². The van der Waals surface area contributed by atoms with Gasteiger partial charge in [-0.05, 0) is 42.3 Å². The molecule has 154 valence electrons. The minimum Gasteiger partial charge on any atom is -0.497 e. The molecule has 2 aromatic carbocycles. The van der Waals surface area contributed by atoms with Gasteiger partial charge in [-0.2, -0.15) is 0 Å². The maximum absolute atomic E-state index is 13.9. The third-order valence-corrected chi connectivity index (χ3v) is 6.21. The van der Waals surface area contributed by atoms with Crippen LogP contribution in [0.15, 0.2) is 48.5 Å². The summed E-state index contributed by atoms with van der Waals surface area (Å²) in [5.41, 5.74) is 0.836. The van der Waals surface area contributed by atoms with Gasteiger partial charge >= 0.3 is 6.03 Å². The molecule has 0 saturated carbocycles. The summed E-state index contributed by atoms with van der Waals surface area (Å²) in [6.45, 7) is 1.32. The second kappa shape index (κ2) is 6.84. The second-order valence-electron chi connectivity index (χ2n) is 7.66. The zero-order valence-corrected chi connectivity index (χ0v) is 16.5. The number of ether oxygens (including phenoxy) is 2. The summed E-state index contributed by atoms with van der Waals surface area (Å²) in [6.07, 6.45) is 0.207. The topological polar surface area (TPSA) is 88.2 Å². The standard InChI is InChI=1S/C22H21N3O5/c1-29-16-8-6-15(7-9-16)25-20(27)22(19(26)23-21(25)28)12-14-4-2-3-5-17(14)24-10-11-30-13-18(22)24/h2-9,18H,10-13H2,1H3,(H,23,26,28)/t18-,22+/m0/s1. The third-order valence-electron chi connectivity index (χ3n) is 6.21. The molecule has 2 atom stereocenters. The highest BCUT2D eigenvalue weighted by Gasteiger charge is 2.62. The van der Waals surface area contributed by atoms with Crippen molar-refractivity contribution in [3.63, 3.8) is 0 Å². The van der Waals surface area contributed by atoms with E-state index < -0.39 is 29.3 Å². The maximum Gasteiger partial charge on any atom is 0.335 e. The molecule has 1 spiro atoms. The molecular weight excluding hydrogens is 386 g/mol. The molecule has 3 aliphatic heterocycles.